The molecule has 106 valence electrons. The molecule has 3 heterocycles. The average molecular weight is 273 g/mol. The number of fused-ring (bicyclic) bond motifs is 1. The van der Waals surface area contributed by atoms with Crippen LogP contribution >= 0.6 is 0 Å². The number of imidazole rings is 1. The summed E-state index contributed by atoms with van der Waals surface area (Å²) in [6.07, 6.45) is 4.44. The Balaban J connectivity index is 1.62. The minimum Gasteiger partial charge on any atom is -0.357 e. The van der Waals surface area contributed by atoms with Crippen molar-refractivity contribution in [3.8, 4) is 0 Å². The van der Waals surface area contributed by atoms with Crippen LogP contribution in [-0.2, 0) is 0 Å². The van der Waals surface area contributed by atoms with E-state index in [-0.39, 0.29) is 0 Å². The highest BCUT2D eigenvalue weighted by Crippen LogP contribution is 2.29. The van der Waals surface area contributed by atoms with Crippen molar-refractivity contribution < 1.29 is 0 Å². The Morgan fingerprint density at radius 2 is 2.00 bits per heavy atom. The Kier molecular flexibility index (Phi) is 2.73. The molecular formula is C13H19N7. The third-order valence-corrected chi connectivity index (χ3v) is 4.17. The van der Waals surface area contributed by atoms with E-state index in [0.717, 1.165) is 49.2 Å². The third kappa shape index (κ3) is 1.98. The second kappa shape index (κ2) is 4.59. The van der Waals surface area contributed by atoms with Gasteiger partial charge in [0.2, 0.25) is 5.95 Å². The molecule has 1 saturated heterocycles. The lowest BCUT2D eigenvalue weighted by atomic mass is 10.3. The van der Waals surface area contributed by atoms with Crippen molar-refractivity contribution in [3.63, 3.8) is 0 Å². The van der Waals surface area contributed by atoms with Crippen molar-refractivity contribution in [1.82, 2.24) is 24.8 Å². The lowest BCUT2D eigenvalue weighted by Crippen LogP contribution is -2.47. The molecule has 0 unspecified atom stereocenters. The van der Waals surface area contributed by atoms with E-state index in [0.29, 0.717) is 5.95 Å². The molecule has 4 rings (SSSR count). The van der Waals surface area contributed by atoms with E-state index in [1.54, 1.807) is 6.33 Å². The first-order valence-corrected chi connectivity index (χ1v) is 7.23. The first-order chi connectivity index (χ1) is 9.85. The third-order valence-electron chi connectivity index (χ3n) is 4.17. The zero-order valence-corrected chi connectivity index (χ0v) is 11.6. The molecule has 2 fully saturated rings. The zero-order valence-electron chi connectivity index (χ0n) is 11.6. The molecule has 0 aromatic carbocycles. The van der Waals surface area contributed by atoms with Gasteiger partial charge in [0.1, 0.15) is 5.52 Å². The minimum atomic E-state index is 0.629. The number of hydrogen-bond donors (Lipinski definition) is 2. The maximum atomic E-state index is 4.61. The summed E-state index contributed by atoms with van der Waals surface area (Å²) in [6, 6.07) is 0.850. The largest absolute Gasteiger partial charge is 0.357 e. The summed E-state index contributed by atoms with van der Waals surface area (Å²) in [5.74, 6) is 1.59. The topological polar surface area (TPSA) is 73.0 Å². The van der Waals surface area contributed by atoms with Gasteiger partial charge in [-0.15, -0.1) is 0 Å². The van der Waals surface area contributed by atoms with Crippen LogP contribution in [0.1, 0.15) is 12.8 Å². The molecule has 0 spiro atoms. The number of aromatic nitrogens is 4. The van der Waals surface area contributed by atoms with Crippen LogP contribution in [0.5, 0.6) is 0 Å². The number of anilines is 2. The van der Waals surface area contributed by atoms with Crippen LogP contribution in [0.15, 0.2) is 6.33 Å². The van der Waals surface area contributed by atoms with Gasteiger partial charge in [-0.2, -0.15) is 9.97 Å². The maximum absolute atomic E-state index is 4.61. The number of rotatable bonds is 3. The molecule has 2 aromatic rings. The fraction of sp³-hybridized carbons (Fsp3) is 0.615. The molecule has 7 heteroatoms. The Labute approximate surface area is 117 Å². The van der Waals surface area contributed by atoms with Crippen molar-refractivity contribution in [2.45, 2.75) is 18.9 Å². The van der Waals surface area contributed by atoms with Crippen molar-refractivity contribution in [3.05, 3.63) is 6.33 Å². The number of piperazine rings is 1. The summed E-state index contributed by atoms with van der Waals surface area (Å²) >= 11 is 0. The Hall–Kier alpha value is -1.89. The second-order valence-corrected chi connectivity index (χ2v) is 5.48. The van der Waals surface area contributed by atoms with Gasteiger partial charge in [-0.1, -0.05) is 0 Å². The normalized spacial score (nSPS) is 20.6. The highest BCUT2D eigenvalue weighted by molar-refractivity contribution is 5.84. The maximum Gasteiger partial charge on any atom is 0.226 e. The molecule has 0 bridgehead atoms. The van der Waals surface area contributed by atoms with Crippen molar-refractivity contribution in [2.75, 3.05) is 43.4 Å². The Bertz CT molecular complexity index is 610. The van der Waals surface area contributed by atoms with Crippen LogP contribution in [-0.4, -0.2) is 64.1 Å². The molecule has 20 heavy (non-hydrogen) atoms. The predicted molar refractivity (Wildman–Crippen MR) is 78.0 cm³/mol. The molecular weight excluding hydrogens is 254 g/mol. The van der Waals surface area contributed by atoms with Crippen LogP contribution in [0.3, 0.4) is 0 Å². The van der Waals surface area contributed by atoms with Gasteiger partial charge < -0.3 is 15.2 Å². The van der Waals surface area contributed by atoms with E-state index in [9.17, 15) is 0 Å². The first kappa shape index (κ1) is 11.9. The summed E-state index contributed by atoms with van der Waals surface area (Å²) in [5, 5.41) is 3.01. The molecule has 7 nitrogen and oxygen atoms in total. The van der Waals surface area contributed by atoms with Crippen molar-refractivity contribution >= 4 is 22.9 Å². The number of nitrogens with zero attached hydrogens (tertiary/aromatic N) is 5. The van der Waals surface area contributed by atoms with Crippen LogP contribution in [0.25, 0.3) is 11.2 Å². The molecule has 2 N–H and O–H groups in total. The van der Waals surface area contributed by atoms with Crippen LogP contribution in [0.2, 0.25) is 0 Å². The molecule has 0 atom stereocenters. The van der Waals surface area contributed by atoms with E-state index in [2.05, 4.69) is 35.1 Å². The molecule has 2 aliphatic rings. The number of H-pyrrole nitrogens is 1. The van der Waals surface area contributed by atoms with Gasteiger partial charge in [0.15, 0.2) is 11.5 Å². The molecule has 2 aromatic heterocycles. The highest BCUT2D eigenvalue weighted by atomic mass is 15.3. The summed E-state index contributed by atoms with van der Waals surface area (Å²) in [5.41, 5.74) is 1.66. The minimum absolute atomic E-state index is 0.629. The van der Waals surface area contributed by atoms with Crippen LogP contribution in [0.4, 0.5) is 11.8 Å². The van der Waals surface area contributed by atoms with Gasteiger partial charge in [0, 0.05) is 39.3 Å². The van der Waals surface area contributed by atoms with Gasteiger partial charge in [-0.05, 0) is 12.8 Å². The second-order valence-electron chi connectivity index (χ2n) is 5.48. The van der Waals surface area contributed by atoms with Crippen LogP contribution in [0, 0.1) is 0 Å². The number of nitrogens with one attached hydrogen (secondary N) is 2. The highest BCUT2D eigenvalue weighted by Gasteiger charge is 2.32. The standard InChI is InChI=1S/C13H19N7/c1-14-13-17-11-10(15-8-16-11)12(18-13)20-6-4-19(5-7-20)9-2-3-9/h8-9H,2-7H2,1H3,(H2,14,15,16,17,18). The smallest absolute Gasteiger partial charge is 0.226 e. The summed E-state index contributed by atoms with van der Waals surface area (Å²) < 4.78 is 0. The van der Waals surface area contributed by atoms with Gasteiger partial charge >= 0.3 is 0 Å². The molecule has 0 amide bonds. The Morgan fingerprint density at radius 1 is 1.20 bits per heavy atom. The van der Waals surface area contributed by atoms with Gasteiger partial charge in [0.25, 0.3) is 0 Å². The van der Waals surface area contributed by atoms with Crippen LogP contribution < -0.4 is 10.2 Å². The lowest BCUT2D eigenvalue weighted by molar-refractivity contribution is 0.248. The van der Waals surface area contributed by atoms with Gasteiger partial charge in [-0.25, -0.2) is 4.98 Å². The number of hydrogen-bond acceptors (Lipinski definition) is 6. The van der Waals surface area contributed by atoms with Crippen molar-refractivity contribution in [2.24, 2.45) is 0 Å². The Morgan fingerprint density at radius 3 is 2.70 bits per heavy atom. The summed E-state index contributed by atoms with van der Waals surface area (Å²) in [4.78, 5) is 21.3. The lowest BCUT2D eigenvalue weighted by Gasteiger charge is -2.35. The van der Waals surface area contributed by atoms with Gasteiger partial charge in [0.05, 0.1) is 6.33 Å². The van der Waals surface area contributed by atoms with Gasteiger partial charge in [-0.3, -0.25) is 4.90 Å². The quantitative estimate of drug-likeness (QED) is 0.857. The van der Waals surface area contributed by atoms with E-state index in [1.807, 2.05) is 7.05 Å². The molecule has 1 aliphatic heterocycles. The monoisotopic (exact) mass is 273 g/mol. The number of aromatic amines is 1. The van der Waals surface area contributed by atoms with E-state index >= 15 is 0 Å². The summed E-state index contributed by atoms with van der Waals surface area (Å²) in [6.45, 7) is 4.29. The first-order valence-electron chi connectivity index (χ1n) is 7.23. The fourth-order valence-corrected chi connectivity index (χ4v) is 2.90. The molecule has 0 radical (unpaired) electrons. The average Bonchev–Trinajstić information content (AvgIpc) is 3.24. The van der Waals surface area contributed by atoms with Crippen molar-refractivity contribution in [1.29, 1.82) is 0 Å². The van der Waals surface area contributed by atoms with E-state index < -0.39 is 0 Å². The summed E-state index contributed by atoms with van der Waals surface area (Å²) in [7, 11) is 1.84. The zero-order chi connectivity index (χ0) is 13.5. The fourth-order valence-electron chi connectivity index (χ4n) is 2.90. The van der Waals surface area contributed by atoms with E-state index in [1.165, 1.54) is 12.8 Å². The van der Waals surface area contributed by atoms with E-state index in [4.69, 9.17) is 0 Å². The predicted octanol–water partition coefficient (Wildman–Crippen LogP) is 0.679. The SMILES string of the molecule is CNc1nc(N2CCN(C3CC3)CC2)c2[nH]cnc2n1. The molecule has 1 saturated carbocycles. The molecule has 1 aliphatic carbocycles.